The maximum absolute atomic E-state index is 11.4. The molecule has 0 radical (unpaired) electrons. The van der Waals surface area contributed by atoms with Crippen molar-refractivity contribution in [3.8, 4) is 0 Å². The molecule has 0 saturated heterocycles. The molecule has 6 heteroatoms. The Morgan fingerprint density at radius 3 is 1.54 bits per heavy atom. The highest BCUT2D eigenvalue weighted by Crippen LogP contribution is 2.41. The van der Waals surface area contributed by atoms with Gasteiger partial charge in [0.1, 0.15) is 5.94 Å². The van der Waals surface area contributed by atoms with E-state index in [1.807, 2.05) is 0 Å². The lowest BCUT2D eigenvalue weighted by molar-refractivity contribution is -0.110. The van der Waals surface area contributed by atoms with Crippen LogP contribution in [0.2, 0.25) is 0 Å². The number of ketones is 1. The second-order valence-electron chi connectivity index (χ2n) is 2.06. The monoisotopic (exact) mass is 432 g/mol. The predicted octanol–water partition coefficient (Wildman–Crippen LogP) is 3.33. The number of allylic oxidation sites excluding steroid dienone is 5. The van der Waals surface area contributed by atoms with Gasteiger partial charge < -0.3 is 0 Å². The summed E-state index contributed by atoms with van der Waals surface area (Å²) in [6.45, 7) is 0. The van der Waals surface area contributed by atoms with E-state index in [9.17, 15) is 9.59 Å². The zero-order chi connectivity index (χ0) is 10.2. The molecular weight excluding hydrogens is 436 g/mol. The van der Waals surface area contributed by atoms with E-state index < -0.39 is 0 Å². The largest absolute Gasteiger partial charge is 0.287 e. The Bertz CT molecular complexity index is 369. The molecule has 0 fully saturated rings. The van der Waals surface area contributed by atoms with Gasteiger partial charge in [0, 0.05) is 0 Å². The van der Waals surface area contributed by atoms with Crippen LogP contribution in [0.1, 0.15) is 0 Å². The lowest BCUT2D eigenvalue weighted by atomic mass is 10.1. The molecule has 0 unspecified atom stereocenters. The van der Waals surface area contributed by atoms with E-state index in [0.29, 0.717) is 17.9 Å². The van der Waals surface area contributed by atoms with E-state index in [1.165, 1.54) is 0 Å². The number of carbonyl (C=O) groups is 1. The Balaban J connectivity index is 3.47. The molecule has 0 aromatic carbocycles. The van der Waals surface area contributed by atoms with E-state index in [1.54, 1.807) is 5.94 Å². The molecule has 0 atom stereocenters. The summed E-state index contributed by atoms with van der Waals surface area (Å²) >= 11 is 12.4. The standard InChI is InChI=1S/C7Br4O2/c8-3-2(1-12)4(9)6(11)7(13)5(3)10. The van der Waals surface area contributed by atoms with Crippen molar-refractivity contribution in [1.82, 2.24) is 0 Å². The number of halogens is 4. The van der Waals surface area contributed by atoms with Crippen LogP contribution in [0, 0.1) is 0 Å². The summed E-state index contributed by atoms with van der Waals surface area (Å²) in [5, 5.41) is 0. The van der Waals surface area contributed by atoms with E-state index in [4.69, 9.17) is 0 Å². The molecule has 0 heterocycles. The first kappa shape index (κ1) is 11.6. The highest BCUT2D eigenvalue weighted by Gasteiger charge is 2.27. The first-order valence-corrected chi connectivity index (χ1v) is 6.09. The van der Waals surface area contributed by atoms with Gasteiger partial charge in [-0.3, -0.25) is 4.79 Å². The molecule has 1 aliphatic rings. The van der Waals surface area contributed by atoms with Crippen molar-refractivity contribution in [2.45, 2.75) is 0 Å². The molecule has 0 bridgehead atoms. The van der Waals surface area contributed by atoms with Crippen molar-refractivity contribution in [2.24, 2.45) is 0 Å². The molecule has 13 heavy (non-hydrogen) atoms. The zero-order valence-corrected chi connectivity index (χ0v) is 12.2. The summed E-state index contributed by atoms with van der Waals surface area (Å²) in [6.07, 6.45) is 0. The lowest BCUT2D eigenvalue weighted by Gasteiger charge is -2.12. The van der Waals surface area contributed by atoms with Gasteiger partial charge in [-0.25, -0.2) is 4.79 Å². The number of hydrogen-bond donors (Lipinski definition) is 0. The van der Waals surface area contributed by atoms with Gasteiger partial charge in [0.2, 0.25) is 5.78 Å². The lowest BCUT2D eigenvalue weighted by Crippen LogP contribution is -2.08. The summed E-state index contributed by atoms with van der Waals surface area (Å²) < 4.78 is 1.42. The fourth-order valence-electron chi connectivity index (χ4n) is 0.701. The molecule has 1 aliphatic carbocycles. The highest BCUT2D eigenvalue weighted by atomic mass is 79.9. The molecule has 0 amide bonds. The molecule has 2 nitrogen and oxygen atoms in total. The molecular formula is C7Br4O2. The number of rotatable bonds is 0. The van der Waals surface area contributed by atoms with Crippen molar-refractivity contribution in [3.05, 3.63) is 23.5 Å². The number of Topliss-reactive ketones (excluding diaryl/α,β-unsaturated/α-hetero) is 1. The summed E-state index contributed by atoms with van der Waals surface area (Å²) in [5.74, 6) is 1.51. The van der Waals surface area contributed by atoms with Crippen molar-refractivity contribution < 1.29 is 9.59 Å². The van der Waals surface area contributed by atoms with Crippen LogP contribution < -0.4 is 0 Å². The number of hydrogen-bond acceptors (Lipinski definition) is 2. The van der Waals surface area contributed by atoms with E-state index in [-0.39, 0.29) is 11.4 Å². The topological polar surface area (TPSA) is 34.1 Å². The summed E-state index contributed by atoms with van der Waals surface area (Å²) in [5.41, 5.74) is 0.276. The van der Waals surface area contributed by atoms with Gasteiger partial charge in [0.05, 0.1) is 23.5 Å². The van der Waals surface area contributed by atoms with Crippen molar-refractivity contribution in [3.63, 3.8) is 0 Å². The quantitative estimate of drug-likeness (QED) is 0.547. The Kier molecular flexibility index (Phi) is 3.89. The van der Waals surface area contributed by atoms with Crippen molar-refractivity contribution in [2.75, 3.05) is 0 Å². The average molecular weight is 436 g/mol. The Morgan fingerprint density at radius 2 is 1.23 bits per heavy atom. The molecule has 1 rings (SSSR count). The average Bonchev–Trinajstić information content (AvgIpc) is 2.13. The maximum atomic E-state index is 11.4. The summed E-state index contributed by atoms with van der Waals surface area (Å²) in [7, 11) is 0. The maximum Gasteiger partial charge on any atom is 0.209 e. The second kappa shape index (κ2) is 4.36. The van der Waals surface area contributed by atoms with Crippen molar-refractivity contribution >= 4 is 75.4 Å². The number of carbonyl (C=O) groups excluding carboxylic acids is 2. The van der Waals surface area contributed by atoms with Crippen molar-refractivity contribution in [1.29, 1.82) is 0 Å². The molecule has 0 saturated carbocycles. The van der Waals surface area contributed by atoms with E-state index >= 15 is 0 Å². The van der Waals surface area contributed by atoms with Crippen LogP contribution in [0.4, 0.5) is 0 Å². The summed E-state index contributed by atoms with van der Waals surface area (Å²) in [4.78, 5) is 21.9. The van der Waals surface area contributed by atoms with Gasteiger partial charge in [-0.15, -0.1) is 0 Å². The SMILES string of the molecule is O=C=C1C(Br)=C(Br)C(=O)C(Br)=C1Br. The second-order valence-corrected chi connectivity index (χ2v) is 5.23. The Hall–Kier alpha value is 0.520. The van der Waals surface area contributed by atoms with Crippen LogP contribution in [0.15, 0.2) is 23.5 Å². The van der Waals surface area contributed by atoms with Gasteiger partial charge >= 0.3 is 0 Å². The van der Waals surface area contributed by atoms with Crippen LogP contribution in [-0.2, 0) is 9.59 Å². The molecule has 0 aromatic rings. The van der Waals surface area contributed by atoms with Crippen LogP contribution in [0.25, 0.3) is 0 Å². The van der Waals surface area contributed by atoms with Gasteiger partial charge in [-0.2, -0.15) is 0 Å². The third-order valence-corrected chi connectivity index (χ3v) is 5.49. The minimum Gasteiger partial charge on any atom is -0.287 e. The molecule has 0 spiro atoms. The first-order valence-electron chi connectivity index (χ1n) is 2.91. The van der Waals surface area contributed by atoms with Crippen LogP contribution in [-0.4, -0.2) is 11.7 Å². The van der Waals surface area contributed by atoms with E-state index in [2.05, 4.69) is 63.7 Å². The van der Waals surface area contributed by atoms with Gasteiger partial charge in [0.25, 0.3) is 0 Å². The van der Waals surface area contributed by atoms with Gasteiger partial charge in [-0.05, 0) is 63.7 Å². The third kappa shape index (κ3) is 1.97. The molecule has 0 aromatic heterocycles. The van der Waals surface area contributed by atoms with E-state index in [0.717, 1.165) is 0 Å². The highest BCUT2D eigenvalue weighted by molar-refractivity contribution is 9.15. The fourth-order valence-corrected chi connectivity index (χ4v) is 2.94. The molecule has 68 valence electrons. The van der Waals surface area contributed by atoms with Crippen LogP contribution in [0.3, 0.4) is 0 Å². The fraction of sp³-hybridized carbons (Fsp3) is 0. The van der Waals surface area contributed by atoms with Gasteiger partial charge in [0.15, 0.2) is 0 Å². The van der Waals surface area contributed by atoms with Crippen LogP contribution in [0.5, 0.6) is 0 Å². The Morgan fingerprint density at radius 1 is 0.846 bits per heavy atom. The third-order valence-electron chi connectivity index (χ3n) is 1.33. The Labute approximate surface area is 108 Å². The first-order chi connectivity index (χ1) is 6.00. The van der Waals surface area contributed by atoms with Gasteiger partial charge in [-0.1, -0.05) is 0 Å². The molecule has 0 N–H and O–H groups in total. The minimum atomic E-state index is -0.224. The predicted molar refractivity (Wildman–Crippen MR) is 64.0 cm³/mol. The minimum absolute atomic E-state index is 0.224. The summed E-state index contributed by atoms with van der Waals surface area (Å²) in [6, 6.07) is 0. The normalized spacial score (nSPS) is 18.2. The van der Waals surface area contributed by atoms with Crippen LogP contribution >= 0.6 is 63.7 Å². The molecule has 0 aliphatic heterocycles. The zero-order valence-electron chi connectivity index (χ0n) is 5.83. The smallest absolute Gasteiger partial charge is 0.209 e.